The molecule has 1 aliphatic rings. The van der Waals surface area contributed by atoms with Crippen LogP contribution < -0.4 is 0 Å². The summed E-state index contributed by atoms with van der Waals surface area (Å²) in [6.07, 6.45) is 2.07. The first kappa shape index (κ1) is 16.6. The molecule has 1 heterocycles. The lowest BCUT2D eigenvalue weighted by molar-refractivity contribution is 0.260. The monoisotopic (exact) mass is 341 g/mol. The predicted molar refractivity (Wildman–Crippen MR) is 73.1 cm³/mol. The van der Waals surface area contributed by atoms with Gasteiger partial charge in [0.1, 0.15) is 17.5 Å². The molecule has 0 spiro atoms. The number of rotatable bonds is 4. The zero-order valence-electron chi connectivity index (χ0n) is 11.2. The molecule has 8 heteroatoms. The van der Waals surface area contributed by atoms with Crippen molar-refractivity contribution in [2.75, 3.05) is 19.0 Å². The Bertz CT molecular complexity index is 599. The van der Waals surface area contributed by atoms with Gasteiger partial charge < -0.3 is 0 Å². The molecule has 3 nitrogen and oxygen atoms in total. The Labute approximate surface area is 126 Å². The van der Waals surface area contributed by atoms with Gasteiger partial charge in [-0.1, -0.05) is 0 Å². The summed E-state index contributed by atoms with van der Waals surface area (Å²) in [7, 11) is -4.32. The van der Waals surface area contributed by atoms with Crippen LogP contribution in [-0.2, 0) is 10.0 Å². The summed E-state index contributed by atoms with van der Waals surface area (Å²) in [5, 5.41) is 0. The maximum atomic E-state index is 13.7. The summed E-state index contributed by atoms with van der Waals surface area (Å²) >= 11 is 5.65. The van der Waals surface area contributed by atoms with Crippen molar-refractivity contribution in [3.05, 3.63) is 29.6 Å². The van der Waals surface area contributed by atoms with Gasteiger partial charge in [-0.15, -0.1) is 11.6 Å². The molecule has 0 bridgehead atoms. The molecule has 0 aromatic heterocycles. The molecule has 2 rings (SSSR count). The van der Waals surface area contributed by atoms with Crippen LogP contribution in [-0.4, -0.2) is 31.7 Å². The average molecular weight is 342 g/mol. The number of halogens is 4. The van der Waals surface area contributed by atoms with Gasteiger partial charge >= 0.3 is 0 Å². The molecule has 0 radical (unpaired) electrons. The van der Waals surface area contributed by atoms with E-state index in [1.54, 1.807) is 0 Å². The van der Waals surface area contributed by atoms with Crippen LogP contribution in [0.2, 0.25) is 0 Å². The molecule has 1 fully saturated rings. The number of sulfonamides is 1. The van der Waals surface area contributed by atoms with Crippen molar-refractivity contribution in [2.24, 2.45) is 5.92 Å². The lowest BCUT2D eigenvalue weighted by Crippen LogP contribution is -2.40. The highest BCUT2D eigenvalue weighted by Gasteiger charge is 2.34. The van der Waals surface area contributed by atoms with Gasteiger partial charge in [0.15, 0.2) is 4.90 Å². The first-order valence-electron chi connectivity index (χ1n) is 6.57. The Morgan fingerprint density at radius 1 is 1.24 bits per heavy atom. The summed E-state index contributed by atoms with van der Waals surface area (Å²) in [6, 6.07) is 0.742. The van der Waals surface area contributed by atoms with Gasteiger partial charge in [-0.05, 0) is 25.2 Å². The Balaban J connectivity index is 2.34. The van der Waals surface area contributed by atoms with E-state index in [1.807, 2.05) is 0 Å². The Hall–Kier alpha value is -0.790. The fourth-order valence-electron chi connectivity index (χ4n) is 2.54. The number of hydrogen-bond donors (Lipinski definition) is 0. The molecule has 0 amide bonds. The van der Waals surface area contributed by atoms with Gasteiger partial charge in [0.2, 0.25) is 10.0 Å². The fourth-order valence-corrected chi connectivity index (χ4v) is 4.49. The first-order chi connectivity index (χ1) is 9.86. The van der Waals surface area contributed by atoms with Crippen LogP contribution in [0.1, 0.15) is 19.3 Å². The summed E-state index contributed by atoms with van der Waals surface area (Å²) < 4.78 is 66.1. The number of nitrogens with zero attached hydrogens (tertiary/aromatic N) is 1. The first-order valence-corrected chi connectivity index (χ1v) is 8.54. The molecular formula is C13H15ClF3NO2S. The van der Waals surface area contributed by atoms with Gasteiger partial charge in [0.25, 0.3) is 0 Å². The van der Waals surface area contributed by atoms with Gasteiger partial charge in [-0.25, -0.2) is 21.6 Å². The van der Waals surface area contributed by atoms with Crippen molar-refractivity contribution < 1.29 is 21.6 Å². The largest absolute Gasteiger partial charge is 0.248 e. The zero-order chi connectivity index (χ0) is 15.6. The molecule has 1 saturated heterocycles. The SMILES string of the molecule is O=S(=O)(c1c(F)cc(F)cc1F)N1CCCC(CCCl)C1. The van der Waals surface area contributed by atoms with Crippen LogP contribution in [0.3, 0.4) is 0 Å². The number of benzene rings is 1. The van der Waals surface area contributed by atoms with Crippen molar-refractivity contribution in [1.82, 2.24) is 4.31 Å². The highest BCUT2D eigenvalue weighted by Crippen LogP contribution is 2.28. The van der Waals surface area contributed by atoms with Crippen LogP contribution in [0.4, 0.5) is 13.2 Å². The van der Waals surface area contributed by atoms with Crippen LogP contribution in [0.5, 0.6) is 0 Å². The molecule has 1 aromatic rings. The minimum Gasteiger partial charge on any atom is -0.207 e. The van der Waals surface area contributed by atoms with E-state index in [0.717, 1.165) is 10.7 Å². The highest BCUT2D eigenvalue weighted by molar-refractivity contribution is 7.89. The normalized spacial score (nSPS) is 20.7. The summed E-state index contributed by atoms with van der Waals surface area (Å²) in [6.45, 7) is 0.364. The molecule has 118 valence electrons. The Morgan fingerprint density at radius 2 is 1.86 bits per heavy atom. The molecule has 1 atom stereocenters. The van der Waals surface area contributed by atoms with Crippen molar-refractivity contribution >= 4 is 21.6 Å². The molecule has 0 N–H and O–H groups in total. The summed E-state index contributed by atoms with van der Waals surface area (Å²) in [4.78, 5) is -1.09. The molecule has 1 aromatic carbocycles. The lowest BCUT2D eigenvalue weighted by Gasteiger charge is -2.31. The van der Waals surface area contributed by atoms with Crippen LogP contribution >= 0.6 is 11.6 Å². The van der Waals surface area contributed by atoms with E-state index in [9.17, 15) is 21.6 Å². The van der Waals surface area contributed by atoms with Crippen molar-refractivity contribution in [1.29, 1.82) is 0 Å². The highest BCUT2D eigenvalue weighted by atomic mass is 35.5. The fraction of sp³-hybridized carbons (Fsp3) is 0.538. The van der Waals surface area contributed by atoms with Gasteiger partial charge in [0.05, 0.1) is 0 Å². The molecule has 0 saturated carbocycles. The van der Waals surface area contributed by atoms with Crippen molar-refractivity contribution in [3.8, 4) is 0 Å². The van der Waals surface area contributed by atoms with Crippen molar-refractivity contribution in [3.63, 3.8) is 0 Å². The van der Waals surface area contributed by atoms with Gasteiger partial charge in [-0.3, -0.25) is 0 Å². The van der Waals surface area contributed by atoms with Crippen LogP contribution in [0.15, 0.2) is 17.0 Å². The number of alkyl halides is 1. The maximum Gasteiger partial charge on any atom is 0.248 e. The van der Waals surface area contributed by atoms with E-state index < -0.39 is 32.4 Å². The third kappa shape index (κ3) is 3.52. The van der Waals surface area contributed by atoms with E-state index in [0.29, 0.717) is 30.9 Å². The molecule has 21 heavy (non-hydrogen) atoms. The van der Waals surface area contributed by atoms with Crippen molar-refractivity contribution in [2.45, 2.75) is 24.2 Å². The summed E-state index contributed by atoms with van der Waals surface area (Å²) in [5.74, 6) is -3.50. The third-order valence-corrected chi connectivity index (χ3v) is 5.70. The van der Waals surface area contributed by atoms with E-state index in [-0.39, 0.29) is 19.0 Å². The van der Waals surface area contributed by atoms with Crippen LogP contribution in [0, 0.1) is 23.4 Å². The van der Waals surface area contributed by atoms with Gasteiger partial charge in [0, 0.05) is 31.1 Å². The van der Waals surface area contributed by atoms with E-state index in [1.165, 1.54) is 0 Å². The maximum absolute atomic E-state index is 13.7. The second-order valence-corrected chi connectivity index (χ2v) is 7.30. The summed E-state index contributed by atoms with van der Waals surface area (Å²) in [5.41, 5.74) is 0. The molecule has 1 unspecified atom stereocenters. The molecule has 1 aliphatic heterocycles. The quantitative estimate of drug-likeness (QED) is 0.789. The number of piperidine rings is 1. The second-order valence-electron chi connectivity index (χ2n) is 5.05. The molecular weight excluding hydrogens is 327 g/mol. The van der Waals surface area contributed by atoms with Crippen LogP contribution in [0.25, 0.3) is 0 Å². The minimum atomic E-state index is -4.32. The lowest BCUT2D eigenvalue weighted by atomic mass is 9.97. The number of hydrogen-bond acceptors (Lipinski definition) is 2. The Morgan fingerprint density at radius 3 is 2.43 bits per heavy atom. The standard InChI is InChI=1S/C13H15ClF3NO2S/c14-4-3-9-2-1-5-18(8-9)21(19,20)13-11(16)6-10(15)7-12(13)17/h6-7,9H,1-5,8H2. The third-order valence-electron chi connectivity index (χ3n) is 3.56. The topological polar surface area (TPSA) is 37.4 Å². The average Bonchev–Trinajstić information content (AvgIpc) is 2.37. The van der Waals surface area contributed by atoms with Gasteiger partial charge in [-0.2, -0.15) is 4.31 Å². The predicted octanol–water partition coefficient (Wildman–Crippen LogP) is 3.13. The minimum absolute atomic E-state index is 0.0672. The van der Waals surface area contributed by atoms with E-state index in [4.69, 9.17) is 11.6 Å². The molecule has 0 aliphatic carbocycles. The van der Waals surface area contributed by atoms with E-state index >= 15 is 0 Å². The Kier molecular flexibility index (Phi) is 5.16. The second kappa shape index (κ2) is 6.54. The van der Waals surface area contributed by atoms with E-state index in [2.05, 4.69) is 0 Å². The zero-order valence-corrected chi connectivity index (χ0v) is 12.7. The smallest absolute Gasteiger partial charge is 0.207 e.